The molecule has 0 unspecified atom stereocenters. The molecule has 4 rings (SSSR count). The number of hydrogen-bond donors (Lipinski definition) is 2. The zero-order valence-electron chi connectivity index (χ0n) is 14.3. The first kappa shape index (κ1) is 17.7. The molecule has 1 fully saturated rings. The highest BCUT2D eigenvalue weighted by Gasteiger charge is 2.47. The van der Waals surface area contributed by atoms with Gasteiger partial charge in [-0.1, -0.05) is 0 Å². The highest BCUT2D eigenvalue weighted by molar-refractivity contribution is 9.10. The molecule has 0 aliphatic heterocycles. The van der Waals surface area contributed by atoms with Crippen molar-refractivity contribution in [2.45, 2.75) is 25.3 Å². The minimum Gasteiger partial charge on any atom is -0.462 e. The maximum atomic E-state index is 13.6. The topological polar surface area (TPSA) is 101 Å². The Hall–Kier alpha value is -2.75. The van der Waals surface area contributed by atoms with E-state index >= 15 is 0 Å². The number of carbonyl (C=O) groups is 1. The SMILES string of the molecule is CCOC(=O)c1cnn2cc(Br)c(NC3(c4cc(F)c[nH]c4=O)CC3)nc12. The van der Waals surface area contributed by atoms with E-state index in [2.05, 4.69) is 36.3 Å². The third kappa shape index (κ3) is 3.09. The molecule has 3 heterocycles. The number of ether oxygens (including phenoxy) is 1. The molecule has 140 valence electrons. The van der Waals surface area contributed by atoms with E-state index in [9.17, 15) is 14.0 Å². The molecule has 0 bridgehead atoms. The number of nitrogens with one attached hydrogen (secondary N) is 2. The lowest BCUT2D eigenvalue weighted by Gasteiger charge is -2.19. The molecule has 0 radical (unpaired) electrons. The van der Waals surface area contributed by atoms with Gasteiger partial charge in [0.05, 0.1) is 22.8 Å². The molecule has 27 heavy (non-hydrogen) atoms. The van der Waals surface area contributed by atoms with Gasteiger partial charge in [0.15, 0.2) is 5.65 Å². The number of aromatic amines is 1. The van der Waals surface area contributed by atoms with Gasteiger partial charge < -0.3 is 15.0 Å². The van der Waals surface area contributed by atoms with E-state index in [0.29, 0.717) is 34.3 Å². The number of aromatic nitrogens is 4. The van der Waals surface area contributed by atoms with Gasteiger partial charge in [-0.15, -0.1) is 0 Å². The van der Waals surface area contributed by atoms with Crippen LogP contribution in [0.25, 0.3) is 5.65 Å². The van der Waals surface area contributed by atoms with Crippen LogP contribution in [0.15, 0.2) is 33.9 Å². The summed E-state index contributed by atoms with van der Waals surface area (Å²) < 4.78 is 20.7. The molecule has 3 aromatic heterocycles. The van der Waals surface area contributed by atoms with Crippen molar-refractivity contribution in [3.05, 3.63) is 56.4 Å². The number of nitrogens with zero attached hydrogens (tertiary/aromatic N) is 3. The molecule has 2 N–H and O–H groups in total. The van der Waals surface area contributed by atoms with E-state index in [1.54, 1.807) is 13.1 Å². The van der Waals surface area contributed by atoms with Crippen molar-refractivity contribution in [1.29, 1.82) is 0 Å². The summed E-state index contributed by atoms with van der Waals surface area (Å²) in [4.78, 5) is 31.1. The van der Waals surface area contributed by atoms with Crippen LogP contribution in [0.2, 0.25) is 0 Å². The summed E-state index contributed by atoms with van der Waals surface area (Å²) in [7, 11) is 0. The quantitative estimate of drug-likeness (QED) is 0.597. The number of halogens is 2. The Morgan fingerprint density at radius 2 is 2.30 bits per heavy atom. The predicted molar refractivity (Wildman–Crippen MR) is 98.2 cm³/mol. The smallest absolute Gasteiger partial charge is 0.343 e. The average molecular weight is 436 g/mol. The minimum absolute atomic E-state index is 0.237. The number of rotatable bonds is 5. The van der Waals surface area contributed by atoms with Crippen LogP contribution in [-0.4, -0.2) is 32.2 Å². The second-order valence-electron chi connectivity index (χ2n) is 6.25. The van der Waals surface area contributed by atoms with Crippen LogP contribution in [-0.2, 0) is 10.3 Å². The second-order valence-corrected chi connectivity index (χ2v) is 7.11. The first-order valence-corrected chi connectivity index (χ1v) is 9.11. The molecule has 0 amide bonds. The van der Waals surface area contributed by atoms with Gasteiger partial charge in [0.25, 0.3) is 5.56 Å². The maximum Gasteiger partial charge on any atom is 0.343 e. The summed E-state index contributed by atoms with van der Waals surface area (Å²) in [6, 6.07) is 1.23. The Balaban J connectivity index is 1.74. The van der Waals surface area contributed by atoms with Crippen LogP contribution >= 0.6 is 15.9 Å². The summed E-state index contributed by atoms with van der Waals surface area (Å²) in [6.07, 6.45) is 5.38. The van der Waals surface area contributed by atoms with E-state index in [1.807, 2.05) is 0 Å². The van der Waals surface area contributed by atoms with Crippen molar-refractivity contribution in [3.8, 4) is 0 Å². The summed E-state index contributed by atoms with van der Waals surface area (Å²) in [6.45, 7) is 1.96. The average Bonchev–Trinajstić information content (AvgIpc) is 3.30. The Morgan fingerprint density at radius 1 is 1.52 bits per heavy atom. The van der Waals surface area contributed by atoms with Crippen LogP contribution in [0.3, 0.4) is 0 Å². The number of esters is 1. The fourth-order valence-corrected chi connectivity index (χ4v) is 3.34. The zero-order valence-corrected chi connectivity index (χ0v) is 15.8. The second kappa shape index (κ2) is 6.45. The van der Waals surface area contributed by atoms with Crippen LogP contribution in [0, 0.1) is 5.82 Å². The van der Waals surface area contributed by atoms with Crippen molar-refractivity contribution in [3.63, 3.8) is 0 Å². The fraction of sp³-hybridized carbons (Fsp3) is 0.294. The van der Waals surface area contributed by atoms with Crippen molar-refractivity contribution < 1.29 is 13.9 Å². The largest absolute Gasteiger partial charge is 0.462 e. The van der Waals surface area contributed by atoms with Gasteiger partial charge in [-0.25, -0.2) is 18.7 Å². The first-order chi connectivity index (χ1) is 12.9. The molecule has 0 atom stereocenters. The van der Waals surface area contributed by atoms with E-state index in [4.69, 9.17) is 4.74 Å². The van der Waals surface area contributed by atoms with E-state index in [-0.39, 0.29) is 17.7 Å². The molecule has 3 aromatic rings. The fourth-order valence-electron chi connectivity index (χ4n) is 2.96. The molecule has 10 heteroatoms. The number of hydrogen-bond acceptors (Lipinski definition) is 6. The molecule has 0 spiro atoms. The van der Waals surface area contributed by atoms with Crippen LogP contribution in [0.1, 0.15) is 35.7 Å². The van der Waals surface area contributed by atoms with Crippen molar-refractivity contribution in [1.82, 2.24) is 19.6 Å². The van der Waals surface area contributed by atoms with Crippen molar-refractivity contribution in [2.75, 3.05) is 11.9 Å². The van der Waals surface area contributed by atoms with Crippen LogP contribution < -0.4 is 10.9 Å². The van der Waals surface area contributed by atoms with E-state index in [0.717, 1.165) is 6.20 Å². The lowest BCUT2D eigenvalue weighted by Crippen LogP contribution is -2.28. The Kier molecular flexibility index (Phi) is 4.22. The number of H-pyrrole nitrogens is 1. The number of anilines is 1. The van der Waals surface area contributed by atoms with Crippen LogP contribution in [0.5, 0.6) is 0 Å². The minimum atomic E-state index is -0.701. The summed E-state index contributed by atoms with van der Waals surface area (Å²) in [5.74, 6) is -0.605. The zero-order chi connectivity index (χ0) is 19.2. The molecular formula is C17H15BrFN5O3. The van der Waals surface area contributed by atoms with Gasteiger partial charge in [-0.05, 0) is 41.8 Å². The Morgan fingerprint density at radius 3 is 3.00 bits per heavy atom. The Labute approximate surface area is 160 Å². The van der Waals surface area contributed by atoms with E-state index < -0.39 is 17.3 Å². The standard InChI is InChI=1S/C17H15BrFN5O3/c1-2-27-16(26)10-7-21-24-8-12(18)13(22-14(10)24)23-17(3-4-17)11-5-9(19)6-20-15(11)25/h5-8H,2-4H2,1H3,(H,20,25)(H,22,23). The van der Waals surface area contributed by atoms with Gasteiger partial charge in [-0.2, -0.15) is 5.10 Å². The summed E-state index contributed by atoms with van der Waals surface area (Å²) in [5, 5.41) is 7.34. The summed E-state index contributed by atoms with van der Waals surface area (Å²) >= 11 is 3.42. The Bertz CT molecular complexity index is 1110. The molecule has 0 saturated heterocycles. The number of fused-ring (bicyclic) bond motifs is 1. The number of pyridine rings is 1. The lowest BCUT2D eigenvalue weighted by atomic mass is 10.1. The third-order valence-electron chi connectivity index (χ3n) is 4.44. The third-order valence-corrected chi connectivity index (χ3v) is 5.02. The van der Waals surface area contributed by atoms with Crippen LogP contribution in [0.4, 0.5) is 10.2 Å². The highest BCUT2D eigenvalue weighted by Crippen LogP contribution is 2.47. The summed E-state index contributed by atoms with van der Waals surface area (Å²) in [5.41, 5.74) is -0.178. The molecule has 0 aromatic carbocycles. The van der Waals surface area contributed by atoms with Gasteiger partial charge >= 0.3 is 5.97 Å². The van der Waals surface area contributed by atoms with Gasteiger partial charge in [0.2, 0.25) is 0 Å². The van der Waals surface area contributed by atoms with Crippen molar-refractivity contribution >= 4 is 33.4 Å². The predicted octanol–water partition coefficient (Wildman–Crippen LogP) is 2.60. The van der Waals surface area contributed by atoms with Gasteiger partial charge in [0.1, 0.15) is 17.2 Å². The molecule has 8 nitrogen and oxygen atoms in total. The lowest BCUT2D eigenvalue weighted by molar-refractivity contribution is 0.0528. The molecule has 1 aliphatic rings. The molecule has 1 aliphatic carbocycles. The highest BCUT2D eigenvalue weighted by atomic mass is 79.9. The molecular weight excluding hydrogens is 421 g/mol. The van der Waals surface area contributed by atoms with Gasteiger partial charge in [0, 0.05) is 18.0 Å². The van der Waals surface area contributed by atoms with Gasteiger partial charge in [-0.3, -0.25) is 4.79 Å². The first-order valence-electron chi connectivity index (χ1n) is 8.31. The monoisotopic (exact) mass is 435 g/mol. The molecule has 1 saturated carbocycles. The van der Waals surface area contributed by atoms with E-state index in [1.165, 1.54) is 16.8 Å². The number of carbonyl (C=O) groups excluding carboxylic acids is 1. The normalized spacial score (nSPS) is 14.9. The van der Waals surface area contributed by atoms with Crippen molar-refractivity contribution in [2.24, 2.45) is 0 Å². The maximum absolute atomic E-state index is 13.6.